The fourth-order valence-electron chi connectivity index (χ4n) is 5.23. The SMILES string of the molecule is CCN(CC)C(=O)c1c(NC(=O)c2ccc(S(=O)(=O)N3CCCCCC3)cc2)sc2c1CCN(C(C)C)C2. The van der Waals surface area contributed by atoms with Gasteiger partial charge in [0, 0.05) is 55.8 Å². The third kappa shape index (κ3) is 5.98. The molecule has 38 heavy (non-hydrogen) atoms. The molecule has 0 spiro atoms. The number of anilines is 1. The molecule has 2 amide bonds. The Hall–Kier alpha value is -2.27. The van der Waals surface area contributed by atoms with Crippen LogP contribution in [0.1, 0.15) is 84.5 Å². The van der Waals surface area contributed by atoms with Crippen molar-refractivity contribution in [2.45, 2.75) is 77.3 Å². The van der Waals surface area contributed by atoms with Crippen molar-refractivity contribution >= 4 is 38.2 Å². The third-order valence-corrected chi connectivity index (χ3v) is 10.7. The van der Waals surface area contributed by atoms with Gasteiger partial charge in [-0.25, -0.2) is 8.42 Å². The summed E-state index contributed by atoms with van der Waals surface area (Å²) in [4.78, 5) is 32.3. The van der Waals surface area contributed by atoms with E-state index in [4.69, 9.17) is 0 Å². The average Bonchev–Trinajstić information content (AvgIpc) is 3.05. The number of hydrogen-bond donors (Lipinski definition) is 1. The molecule has 1 aromatic carbocycles. The van der Waals surface area contributed by atoms with E-state index in [-0.39, 0.29) is 16.7 Å². The molecule has 10 heteroatoms. The normalized spacial score (nSPS) is 17.2. The van der Waals surface area contributed by atoms with Crippen LogP contribution in [-0.4, -0.2) is 73.1 Å². The van der Waals surface area contributed by atoms with E-state index in [2.05, 4.69) is 24.1 Å². The summed E-state index contributed by atoms with van der Waals surface area (Å²) < 4.78 is 27.8. The molecule has 0 atom stereocenters. The van der Waals surface area contributed by atoms with Crippen LogP contribution in [0.5, 0.6) is 0 Å². The number of benzene rings is 1. The first kappa shape index (κ1) is 28.7. The van der Waals surface area contributed by atoms with Crippen molar-refractivity contribution in [3.8, 4) is 0 Å². The number of thiophene rings is 1. The first-order valence-electron chi connectivity index (χ1n) is 13.8. The number of fused-ring (bicyclic) bond motifs is 1. The van der Waals surface area contributed by atoms with E-state index in [0.29, 0.717) is 48.3 Å². The van der Waals surface area contributed by atoms with Crippen molar-refractivity contribution in [2.24, 2.45) is 0 Å². The molecule has 0 unspecified atom stereocenters. The van der Waals surface area contributed by atoms with Gasteiger partial charge in [0.05, 0.1) is 10.5 Å². The van der Waals surface area contributed by atoms with E-state index in [1.807, 2.05) is 13.8 Å². The quantitative estimate of drug-likeness (QED) is 0.500. The van der Waals surface area contributed by atoms with Crippen LogP contribution in [0.4, 0.5) is 5.00 Å². The summed E-state index contributed by atoms with van der Waals surface area (Å²) in [6.07, 6.45) is 4.60. The lowest BCUT2D eigenvalue weighted by atomic mass is 10.0. The highest BCUT2D eigenvalue weighted by atomic mass is 32.2. The molecule has 2 aliphatic rings. The van der Waals surface area contributed by atoms with Crippen LogP contribution in [0, 0.1) is 0 Å². The highest BCUT2D eigenvalue weighted by Crippen LogP contribution is 2.38. The largest absolute Gasteiger partial charge is 0.339 e. The van der Waals surface area contributed by atoms with Gasteiger partial charge in [0.1, 0.15) is 5.00 Å². The number of sulfonamides is 1. The Morgan fingerprint density at radius 3 is 2.21 bits per heavy atom. The molecule has 2 aromatic rings. The summed E-state index contributed by atoms with van der Waals surface area (Å²) in [7, 11) is -3.59. The lowest BCUT2D eigenvalue weighted by Crippen LogP contribution is -2.36. The molecule has 208 valence electrons. The molecule has 1 fully saturated rings. The molecule has 1 saturated heterocycles. The van der Waals surface area contributed by atoms with Gasteiger partial charge in [-0.05, 0) is 76.8 Å². The Bertz CT molecular complexity index is 1240. The fourth-order valence-corrected chi connectivity index (χ4v) is 8.01. The number of carbonyl (C=O) groups excluding carboxylic acids is 2. The minimum Gasteiger partial charge on any atom is -0.339 e. The molecule has 8 nitrogen and oxygen atoms in total. The van der Waals surface area contributed by atoms with E-state index < -0.39 is 10.0 Å². The molecule has 1 aromatic heterocycles. The van der Waals surface area contributed by atoms with E-state index in [0.717, 1.165) is 55.6 Å². The lowest BCUT2D eigenvalue weighted by Gasteiger charge is -2.30. The minimum atomic E-state index is -3.59. The second-order valence-electron chi connectivity index (χ2n) is 10.3. The average molecular weight is 561 g/mol. The number of rotatable bonds is 8. The molecule has 2 aliphatic heterocycles. The zero-order valence-corrected chi connectivity index (χ0v) is 24.6. The number of hydrogen-bond acceptors (Lipinski definition) is 6. The van der Waals surface area contributed by atoms with Gasteiger partial charge >= 0.3 is 0 Å². The highest BCUT2D eigenvalue weighted by molar-refractivity contribution is 7.89. The van der Waals surface area contributed by atoms with Crippen molar-refractivity contribution in [2.75, 3.05) is 38.0 Å². The van der Waals surface area contributed by atoms with Gasteiger partial charge < -0.3 is 10.2 Å². The fraction of sp³-hybridized carbons (Fsp3) is 0.571. The van der Waals surface area contributed by atoms with Gasteiger partial charge in [0.2, 0.25) is 10.0 Å². The second-order valence-corrected chi connectivity index (χ2v) is 13.3. The summed E-state index contributed by atoms with van der Waals surface area (Å²) in [5, 5.41) is 3.57. The van der Waals surface area contributed by atoms with Crippen LogP contribution in [0.2, 0.25) is 0 Å². The predicted octanol–water partition coefficient (Wildman–Crippen LogP) is 4.81. The molecule has 0 saturated carbocycles. The van der Waals surface area contributed by atoms with E-state index in [1.54, 1.807) is 21.3 Å². The lowest BCUT2D eigenvalue weighted by molar-refractivity contribution is 0.0772. The third-order valence-electron chi connectivity index (χ3n) is 7.63. The Kier molecular flexibility index (Phi) is 9.28. The van der Waals surface area contributed by atoms with Crippen LogP contribution < -0.4 is 5.32 Å². The maximum atomic E-state index is 13.5. The summed E-state index contributed by atoms with van der Waals surface area (Å²) in [6, 6.07) is 6.53. The Balaban J connectivity index is 1.59. The zero-order valence-electron chi connectivity index (χ0n) is 23.0. The maximum Gasteiger partial charge on any atom is 0.257 e. The summed E-state index contributed by atoms with van der Waals surface area (Å²) >= 11 is 1.48. The first-order chi connectivity index (χ1) is 18.2. The molecule has 4 rings (SSSR count). The van der Waals surface area contributed by atoms with Crippen molar-refractivity contribution in [3.63, 3.8) is 0 Å². The molecule has 0 bridgehead atoms. The molecular formula is C28H40N4O4S2. The van der Waals surface area contributed by atoms with Crippen LogP contribution in [0.15, 0.2) is 29.2 Å². The summed E-state index contributed by atoms with van der Waals surface area (Å²) in [6.45, 7) is 12.1. The summed E-state index contributed by atoms with van der Waals surface area (Å²) in [5.74, 6) is -0.406. The van der Waals surface area contributed by atoms with E-state index in [1.165, 1.54) is 23.5 Å². The van der Waals surface area contributed by atoms with Gasteiger partial charge in [-0.15, -0.1) is 11.3 Å². The van der Waals surface area contributed by atoms with Crippen LogP contribution in [0.3, 0.4) is 0 Å². The van der Waals surface area contributed by atoms with Gasteiger partial charge in [-0.2, -0.15) is 4.31 Å². The molecule has 3 heterocycles. The van der Waals surface area contributed by atoms with Crippen molar-refractivity contribution < 1.29 is 18.0 Å². The van der Waals surface area contributed by atoms with Gasteiger partial charge in [0.25, 0.3) is 11.8 Å². The molecular weight excluding hydrogens is 520 g/mol. The van der Waals surface area contributed by atoms with E-state index >= 15 is 0 Å². The monoisotopic (exact) mass is 560 g/mol. The molecule has 0 aliphatic carbocycles. The van der Waals surface area contributed by atoms with Gasteiger partial charge in [-0.3, -0.25) is 14.5 Å². The number of nitrogens with zero attached hydrogens (tertiary/aromatic N) is 3. The standard InChI is InChI=1S/C28H40N4O4S2/c1-5-30(6-2)28(34)25-23-15-18-31(20(3)4)19-24(23)37-27(25)29-26(33)21-11-13-22(14-12-21)38(35,36)32-16-9-7-8-10-17-32/h11-14,20H,5-10,15-19H2,1-4H3,(H,29,33). The van der Waals surface area contributed by atoms with Crippen LogP contribution in [-0.2, 0) is 23.0 Å². The second kappa shape index (κ2) is 12.3. The number of nitrogens with one attached hydrogen (secondary N) is 1. The van der Waals surface area contributed by atoms with Crippen molar-refractivity contribution in [1.29, 1.82) is 0 Å². The van der Waals surface area contributed by atoms with Gasteiger partial charge in [0.15, 0.2) is 0 Å². The molecule has 0 radical (unpaired) electrons. The Labute approximate surface area is 231 Å². The topological polar surface area (TPSA) is 90.0 Å². The molecule has 1 N–H and O–H groups in total. The minimum absolute atomic E-state index is 0.0558. The Morgan fingerprint density at radius 2 is 1.63 bits per heavy atom. The van der Waals surface area contributed by atoms with E-state index in [9.17, 15) is 18.0 Å². The van der Waals surface area contributed by atoms with Crippen LogP contribution >= 0.6 is 11.3 Å². The number of amides is 2. The summed E-state index contributed by atoms with van der Waals surface area (Å²) in [5.41, 5.74) is 2.00. The Morgan fingerprint density at radius 1 is 1.00 bits per heavy atom. The van der Waals surface area contributed by atoms with Crippen LogP contribution in [0.25, 0.3) is 0 Å². The highest BCUT2D eigenvalue weighted by Gasteiger charge is 2.31. The predicted molar refractivity (Wildman–Crippen MR) is 152 cm³/mol. The van der Waals surface area contributed by atoms with Crippen molar-refractivity contribution in [3.05, 3.63) is 45.8 Å². The zero-order chi connectivity index (χ0) is 27.4. The maximum absolute atomic E-state index is 13.5. The van der Waals surface area contributed by atoms with Crippen molar-refractivity contribution in [1.82, 2.24) is 14.1 Å². The number of carbonyl (C=O) groups is 2. The first-order valence-corrected chi connectivity index (χ1v) is 16.0. The smallest absolute Gasteiger partial charge is 0.257 e. The van der Waals surface area contributed by atoms with Gasteiger partial charge in [-0.1, -0.05) is 12.8 Å².